The standard InChI is InChI=1S/C16H11BrF2N2O3S/c1-8-6-12(17)24-13(8)14(22)21-16-20-10(7-25-16)9-4-2-3-5-11(9)23-15(18)19/h2-7,15H,1H3,(H,20,21,22). The number of rotatable bonds is 5. The Hall–Kier alpha value is -2.26. The molecule has 0 spiro atoms. The van der Waals surface area contributed by atoms with E-state index in [1.165, 1.54) is 17.4 Å². The fourth-order valence-corrected chi connectivity index (χ4v) is 3.37. The summed E-state index contributed by atoms with van der Waals surface area (Å²) in [6.45, 7) is -1.19. The van der Waals surface area contributed by atoms with E-state index < -0.39 is 12.5 Å². The van der Waals surface area contributed by atoms with Crippen LogP contribution in [0.2, 0.25) is 0 Å². The smallest absolute Gasteiger partial charge is 0.387 e. The number of aryl methyl sites for hydroxylation is 1. The minimum absolute atomic E-state index is 0.0199. The number of hydrogen-bond acceptors (Lipinski definition) is 5. The van der Waals surface area contributed by atoms with Crippen molar-refractivity contribution in [3.63, 3.8) is 0 Å². The van der Waals surface area contributed by atoms with E-state index in [0.29, 0.717) is 26.6 Å². The van der Waals surface area contributed by atoms with Gasteiger partial charge in [-0.3, -0.25) is 10.1 Å². The predicted molar refractivity (Wildman–Crippen MR) is 93.3 cm³/mol. The molecule has 0 aliphatic carbocycles. The molecule has 130 valence electrons. The maximum absolute atomic E-state index is 12.5. The first-order valence-electron chi connectivity index (χ1n) is 7.01. The van der Waals surface area contributed by atoms with Gasteiger partial charge in [0.05, 0.1) is 5.69 Å². The Morgan fingerprint density at radius 3 is 2.84 bits per heavy atom. The first-order valence-corrected chi connectivity index (χ1v) is 8.68. The van der Waals surface area contributed by atoms with Crippen LogP contribution in [-0.2, 0) is 0 Å². The van der Waals surface area contributed by atoms with Gasteiger partial charge in [-0.2, -0.15) is 8.78 Å². The number of amides is 1. The Morgan fingerprint density at radius 1 is 1.40 bits per heavy atom. The van der Waals surface area contributed by atoms with E-state index in [1.54, 1.807) is 36.6 Å². The highest BCUT2D eigenvalue weighted by molar-refractivity contribution is 9.10. The zero-order valence-electron chi connectivity index (χ0n) is 12.8. The second-order valence-corrected chi connectivity index (χ2v) is 6.57. The average Bonchev–Trinajstić information content (AvgIpc) is 3.13. The summed E-state index contributed by atoms with van der Waals surface area (Å²) >= 11 is 4.33. The lowest BCUT2D eigenvalue weighted by Crippen LogP contribution is -2.11. The molecule has 0 unspecified atom stereocenters. The number of thiazole rings is 1. The number of benzene rings is 1. The van der Waals surface area contributed by atoms with Crippen LogP contribution in [0.4, 0.5) is 13.9 Å². The molecule has 0 fully saturated rings. The lowest BCUT2D eigenvalue weighted by atomic mass is 10.1. The maximum Gasteiger partial charge on any atom is 0.387 e. The van der Waals surface area contributed by atoms with Gasteiger partial charge in [0.2, 0.25) is 0 Å². The minimum Gasteiger partial charge on any atom is -0.444 e. The summed E-state index contributed by atoms with van der Waals surface area (Å²) in [5, 5.41) is 4.59. The third-order valence-corrected chi connectivity index (χ3v) is 4.35. The van der Waals surface area contributed by atoms with Gasteiger partial charge in [-0.25, -0.2) is 4.98 Å². The van der Waals surface area contributed by atoms with Crippen LogP contribution < -0.4 is 10.1 Å². The van der Waals surface area contributed by atoms with Crippen LogP contribution in [0.1, 0.15) is 16.1 Å². The second kappa shape index (κ2) is 7.32. The van der Waals surface area contributed by atoms with Crippen molar-refractivity contribution in [2.45, 2.75) is 13.5 Å². The molecule has 9 heteroatoms. The fourth-order valence-electron chi connectivity index (χ4n) is 2.15. The van der Waals surface area contributed by atoms with Gasteiger partial charge in [0.25, 0.3) is 5.91 Å². The number of alkyl halides is 2. The second-order valence-electron chi connectivity index (χ2n) is 4.93. The topological polar surface area (TPSA) is 64.4 Å². The van der Waals surface area contributed by atoms with Crippen molar-refractivity contribution in [3.8, 4) is 17.0 Å². The molecule has 0 saturated heterocycles. The highest BCUT2D eigenvalue weighted by atomic mass is 79.9. The highest BCUT2D eigenvalue weighted by Crippen LogP contribution is 2.33. The normalized spacial score (nSPS) is 10.9. The van der Waals surface area contributed by atoms with Gasteiger partial charge in [-0.05, 0) is 41.1 Å². The summed E-state index contributed by atoms with van der Waals surface area (Å²) < 4.78 is 35.3. The van der Waals surface area contributed by atoms with E-state index in [0.717, 1.165) is 0 Å². The largest absolute Gasteiger partial charge is 0.444 e. The molecule has 25 heavy (non-hydrogen) atoms. The monoisotopic (exact) mass is 428 g/mol. The maximum atomic E-state index is 12.5. The SMILES string of the molecule is Cc1cc(Br)oc1C(=O)Nc1nc(-c2ccccc2OC(F)F)cs1. The first kappa shape index (κ1) is 17.6. The molecule has 1 aromatic carbocycles. The van der Waals surface area contributed by atoms with E-state index >= 15 is 0 Å². The molecule has 0 aliphatic rings. The lowest BCUT2D eigenvalue weighted by Gasteiger charge is -2.08. The molecular weight excluding hydrogens is 418 g/mol. The first-order chi connectivity index (χ1) is 11.9. The molecule has 0 bridgehead atoms. The van der Waals surface area contributed by atoms with Gasteiger partial charge in [-0.15, -0.1) is 11.3 Å². The third kappa shape index (κ3) is 4.05. The number of hydrogen-bond donors (Lipinski definition) is 1. The number of furan rings is 1. The minimum atomic E-state index is -2.93. The quantitative estimate of drug-likeness (QED) is 0.596. The summed E-state index contributed by atoms with van der Waals surface area (Å²) in [6, 6.07) is 8.01. The van der Waals surface area contributed by atoms with E-state index in [9.17, 15) is 13.6 Å². The molecule has 0 atom stereocenters. The van der Waals surface area contributed by atoms with Crippen molar-refractivity contribution in [2.24, 2.45) is 0 Å². The summed E-state index contributed by atoms with van der Waals surface area (Å²) in [6.07, 6.45) is 0. The van der Waals surface area contributed by atoms with E-state index in [1.807, 2.05) is 0 Å². The third-order valence-electron chi connectivity index (χ3n) is 3.20. The summed E-state index contributed by atoms with van der Waals surface area (Å²) in [5.74, 6) is -0.252. The highest BCUT2D eigenvalue weighted by Gasteiger charge is 2.18. The van der Waals surface area contributed by atoms with Crippen molar-refractivity contribution < 1.29 is 22.7 Å². The molecule has 2 heterocycles. The van der Waals surface area contributed by atoms with Crippen LogP contribution in [0.25, 0.3) is 11.3 Å². The van der Waals surface area contributed by atoms with Gasteiger partial charge in [0.1, 0.15) is 5.75 Å². The van der Waals surface area contributed by atoms with Crippen LogP contribution in [-0.4, -0.2) is 17.5 Å². The summed E-state index contributed by atoms with van der Waals surface area (Å²) in [4.78, 5) is 16.5. The molecule has 0 radical (unpaired) electrons. The van der Waals surface area contributed by atoms with E-state index in [-0.39, 0.29) is 11.5 Å². The Kier molecular flexibility index (Phi) is 5.14. The van der Waals surface area contributed by atoms with Crippen LogP contribution >= 0.6 is 27.3 Å². The number of ether oxygens (including phenoxy) is 1. The van der Waals surface area contributed by atoms with Crippen molar-refractivity contribution in [2.75, 3.05) is 5.32 Å². The molecule has 1 N–H and O–H groups in total. The lowest BCUT2D eigenvalue weighted by molar-refractivity contribution is -0.0494. The number of carbonyl (C=O) groups excluding carboxylic acids is 1. The number of aromatic nitrogens is 1. The number of halogens is 3. The molecule has 0 saturated carbocycles. The van der Waals surface area contributed by atoms with Crippen LogP contribution in [0.5, 0.6) is 5.75 Å². The molecule has 0 aliphatic heterocycles. The fraction of sp³-hybridized carbons (Fsp3) is 0.125. The van der Waals surface area contributed by atoms with Crippen LogP contribution in [0.3, 0.4) is 0 Å². The molecule has 3 aromatic rings. The number of carbonyl (C=O) groups is 1. The summed E-state index contributed by atoms with van der Waals surface area (Å²) in [5.41, 5.74) is 1.52. The van der Waals surface area contributed by atoms with Gasteiger partial charge in [0.15, 0.2) is 15.6 Å². The van der Waals surface area contributed by atoms with E-state index in [4.69, 9.17) is 4.42 Å². The molecule has 2 aromatic heterocycles. The zero-order valence-corrected chi connectivity index (χ0v) is 15.2. The number of anilines is 1. The summed E-state index contributed by atoms with van der Waals surface area (Å²) in [7, 11) is 0. The molecule has 3 rings (SSSR count). The predicted octanol–water partition coefficient (Wildman–Crippen LogP) is 5.33. The number of para-hydroxylation sites is 1. The Balaban J connectivity index is 1.81. The molecular formula is C16H11BrF2N2O3S. The van der Waals surface area contributed by atoms with Crippen molar-refractivity contribution in [1.82, 2.24) is 4.98 Å². The van der Waals surface area contributed by atoms with Crippen molar-refractivity contribution in [3.05, 3.63) is 51.7 Å². The van der Waals surface area contributed by atoms with Crippen molar-refractivity contribution >= 4 is 38.3 Å². The Bertz CT molecular complexity index is 910. The molecule has 1 amide bonds. The zero-order chi connectivity index (χ0) is 18.0. The Morgan fingerprint density at radius 2 is 2.16 bits per heavy atom. The van der Waals surface area contributed by atoms with Gasteiger partial charge in [0, 0.05) is 16.5 Å². The Labute approximate surface area is 153 Å². The van der Waals surface area contributed by atoms with Gasteiger partial charge in [-0.1, -0.05) is 12.1 Å². The van der Waals surface area contributed by atoms with Gasteiger partial charge >= 0.3 is 6.61 Å². The van der Waals surface area contributed by atoms with E-state index in [2.05, 4.69) is 31.0 Å². The van der Waals surface area contributed by atoms with Gasteiger partial charge < -0.3 is 9.15 Å². The van der Waals surface area contributed by atoms with Crippen LogP contribution in [0, 0.1) is 6.92 Å². The van der Waals surface area contributed by atoms with Crippen molar-refractivity contribution in [1.29, 1.82) is 0 Å². The number of nitrogens with zero attached hydrogens (tertiary/aromatic N) is 1. The number of nitrogens with one attached hydrogen (secondary N) is 1. The average molecular weight is 429 g/mol. The molecule has 5 nitrogen and oxygen atoms in total. The van der Waals surface area contributed by atoms with Crippen LogP contribution in [0.15, 0.2) is 44.8 Å².